The largest absolute Gasteiger partial charge is 0.364 e. The lowest BCUT2D eigenvalue weighted by atomic mass is 10.1. The van der Waals surface area contributed by atoms with Gasteiger partial charge in [0.15, 0.2) is 4.96 Å². The van der Waals surface area contributed by atoms with Crippen LogP contribution in [0, 0.1) is 25.6 Å². The topological polar surface area (TPSA) is 93.6 Å². The third-order valence-electron chi connectivity index (χ3n) is 6.71. The zero-order valence-electron chi connectivity index (χ0n) is 18.6. The second-order valence-electron chi connectivity index (χ2n) is 9.05. The highest BCUT2D eigenvalue weighted by molar-refractivity contribution is 7.17. The average molecular weight is 496 g/mol. The molecular weight excluding hydrogens is 473 g/mol. The van der Waals surface area contributed by atoms with E-state index < -0.39 is 5.91 Å². The van der Waals surface area contributed by atoms with E-state index in [-0.39, 0.29) is 23.8 Å². The molecule has 3 atom stereocenters. The number of piperidine rings is 1. The standard InChI is InChI=1S/C24H22FN5O2S2/c1-11-20(22(26)31)29-10-17(34-24(29)27-11)9-16-7-14-8-18(14)30(16)23(32)19-21(33-12(2)28-19)13-3-5-15(25)6-4-13/h3-6,10,14,16,18H,7-9H2,1-2H3,(H2,26,31)/t14-,16+,18+/m1/s1. The SMILES string of the molecule is Cc1nc(C(=O)N2[C@H](Cc3cn4c(C(N)=O)c(C)nc4s3)C[C@@H]3C[C@@H]32)c(-c2ccc(F)cc2)s1. The Balaban J connectivity index is 1.31. The van der Waals surface area contributed by atoms with E-state index in [9.17, 15) is 14.0 Å². The molecule has 2 aliphatic rings. The maximum atomic E-state index is 13.8. The van der Waals surface area contributed by atoms with Crippen LogP contribution in [-0.4, -0.2) is 43.2 Å². The second kappa shape index (κ2) is 7.71. The van der Waals surface area contributed by atoms with Crippen LogP contribution in [0.5, 0.6) is 0 Å². The van der Waals surface area contributed by atoms with E-state index in [1.807, 2.05) is 18.0 Å². The summed E-state index contributed by atoms with van der Waals surface area (Å²) in [6.45, 7) is 3.66. The van der Waals surface area contributed by atoms with Gasteiger partial charge >= 0.3 is 0 Å². The molecule has 0 radical (unpaired) electrons. The fraction of sp³-hybridized carbons (Fsp3) is 0.333. The molecule has 7 nitrogen and oxygen atoms in total. The molecule has 1 aliphatic heterocycles. The molecule has 1 saturated carbocycles. The molecule has 2 amide bonds. The minimum Gasteiger partial charge on any atom is -0.364 e. The van der Waals surface area contributed by atoms with Gasteiger partial charge in [-0.05, 0) is 50.3 Å². The molecule has 1 aliphatic carbocycles. The lowest BCUT2D eigenvalue weighted by molar-refractivity contribution is 0.0696. The number of aromatic nitrogens is 3. The number of fused-ring (bicyclic) bond motifs is 2. The van der Waals surface area contributed by atoms with Crippen LogP contribution < -0.4 is 5.73 Å². The molecule has 1 saturated heterocycles. The molecule has 1 aromatic carbocycles. The predicted octanol–water partition coefficient (Wildman–Crippen LogP) is 4.22. The van der Waals surface area contributed by atoms with Gasteiger partial charge in [0.05, 0.1) is 15.6 Å². The number of aryl methyl sites for hydroxylation is 2. The van der Waals surface area contributed by atoms with Crippen LogP contribution in [0.4, 0.5) is 4.39 Å². The number of likely N-dealkylation sites (tertiary alicyclic amines) is 1. The second-order valence-corrected chi connectivity index (χ2v) is 11.3. The lowest BCUT2D eigenvalue weighted by Crippen LogP contribution is -2.40. The lowest BCUT2D eigenvalue weighted by Gasteiger charge is -2.27. The van der Waals surface area contributed by atoms with Crippen LogP contribution in [0.1, 0.15) is 49.4 Å². The van der Waals surface area contributed by atoms with Gasteiger partial charge in [-0.25, -0.2) is 14.4 Å². The summed E-state index contributed by atoms with van der Waals surface area (Å²) in [5.41, 5.74) is 7.81. The summed E-state index contributed by atoms with van der Waals surface area (Å²) in [6, 6.07) is 6.50. The zero-order valence-corrected chi connectivity index (χ0v) is 20.3. The van der Waals surface area contributed by atoms with E-state index in [0.29, 0.717) is 29.4 Å². The molecule has 4 heterocycles. The maximum absolute atomic E-state index is 13.8. The summed E-state index contributed by atoms with van der Waals surface area (Å²) >= 11 is 2.98. The van der Waals surface area contributed by atoms with E-state index in [4.69, 9.17) is 5.73 Å². The fourth-order valence-electron chi connectivity index (χ4n) is 5.17. The number of carbonyl (C=O) groups is 2. The Labute approximate surface area is 203 Å². The van der Waals surface area contributed by atoms with Crippen molar-refractivity contribution in [2.24, 2.45) is 11.7 Å². The van der Waals surface area contributed by atoms with Gasteiger partial charge in [-0.15, -0.1) is 22.7 Å². The van der Waals surface area contributed by atoms with Crippen LogP contribution in [0.2, 0.25) is 0 Å². The number of carbonyl (C=O) groups excluding carboxylic acids is 2. The van der Waals surface area contributed by atoms with Crippen molar-refractivity contribution in [3.8, 4) is 10.4 Å². The van der Waals surface area contributed by atoms with E-state index >= 15 is 0 Å². The highest BCUT2D eigenvalue weighted by Crippen LogP contribution is 2.50. The van der Waals surface area contributed by atoms with Crippen molar-refractivity contribution < 1.29 is 14.0 Å². The van der Waals surface area contributed by atoms with Crippen molar-refractivity contribution in [2.75, 3.05) is 0 Å². The molecule has 0 unspecified atom stereocenters. The molecule has 10 heteroatoms. The number of rotatable bonds is 5. The third-order valence-corrected chi connectivity index (χ3v) is 8.73. The first kappa shape index (κ1) is 21.4. The molecule has 0 spiro atoms. The smallest absolute Gasteiger partial charge is 0.274 e. The van der Waals surface area contributed by atoms with Gasteiger partial charge in [-0.1, -0.05) is 12.1 Å². The molecule has 6 rings (SSSR count). The first-order valence-electron chi connectivity index (χ1n) is 11.1. The monoisotopic (exact) mass is 495 g/mol. The number of nitrogens with zero attached hydrogens (tertiary/aromatic N) is 4. The number of thiazole rings is 2. The van der Waals surface area contributed by atoms with Crippen molar-refractivity contribution in [1.29, 1.82) is 0 Å². The summed E-state index contributed by atoms with van der Waals surface area (Å²) in [5.74, 6) is -0.347. The van der Waals surface area contributed by atoms with Crippen molar-refractivity contribution in [3.05, 3.63) is 63.2 Å². The van der Waals surface area contributed by atoms with E-state index in [1.54, 1.807) is 23.5 Å². The summed E-state index contributed by atoms with van der Waals surface area (Å²) in [6.07, 6.45) is 4.59. The van der Waals surface area contributed by atoms with Gasteiger partial charge in [0.2, 0.25) is 0 Å². The van der Waals surface area contributed by atoms with Crippen molar-refractivity contribution in [3.63, 3.8) is 0 Å². The maximum Gasteiger partial charge on any atom is 0.274 e. The number of hydrogen-bond acceptors (Lipinski definition) is 6. The molecule has 174 valence electrons. The summed E-state index contributed by atoms with van der Waals surface area (Å²) < 4.78 is 15.2. The Hall–Kier alpha value is -3.11. The van der Waals surface area contributed by atoms with Crippen LogP contribution in [-0.2, 0) is 6.42 Å². The summed E-state index contributed by atoms with van der Waals surface area (Å²) in [4.78, 5) is 39.3. The van der Waals surface area contributed by atoms with Gasteiger partial charge in [0.25, 0.3) is 11.8 Å². The highest BCUT2D eigenvalue weighted by atomic mass is 32.1. The van der Waals surface area contributed by atoms with Gasteiger partial charge in [0, 0.05) is 29.6 Å². The quantitative estimate of drug-likeness (QED) is 0.449. The molecule has 0 bridgehead atoms. The fourth-order valence-corrected chi connectivity index (χ4v) is 7.18. The summed E-state index contributed by atoms with van der Waals surface area (Å²) in [7, 11) is 0. The van der Waals surface area contributed by atoms with Gasteiger partial charge in [0.1, 0.15) is 17.2 Å². The number of benzene rings is 1. The number of imidazole rings is 1. The van der Waals surface area contributed by atoms with Crippen LogP contribution in [0.25, 0.3) is 15.4 Å². The van der Waals surface area contributed by atoms with Crippen LogP contribution >= 0.6 is 22.7 Å². The Kier molecular flexibility index (Phi) is 4.86. The third kappa shape index (κ3) is 3.43. The van der Waals surface area contributed by atoms with Crippen molar-refractivity contribution in [1.82, 2.24) is 19.3 Å². The number of amides is 2. The Morgan fingerprint density at radius 3 is 2.65 bits per heavy atom. The van der Waals surface area contributed by atoms with Gasteiger partial charge in [-0.3, -0.25) is 14.0 Å². The van der Waals surface area contributed by atoms with E-state index in [1.165, 1.54) is 34.8 Å². The number of nitrogens with two attached hydrogens (primary N) is 1. The summed E-state index contributed by atoms with van der Waals surface area (Å²) in [5, 5.41) is 0.805. The average Bonchev–Trinajstić information content (AvgIpc) is 3.07. The molecule has 4 aromatic rings. The highest BCUT2D eigenvalue weighted by Gasteiger charge is 2.54. The van der Waals surface area contributed by atoms with Gasteiger partial charge < -0.3 is 10.6 Å². The number of hydrogen-bond donors (Lipinski definition) is 1. The van der Waals surface area contributed by atoms with Crippen LogP contribution in [0.3, 0.4) is 0 Å². The minimum atomic E-state index is -0.500. The van der Waals surface area contributed by atoms with E-state index in [2.05, 4.69) is 9.97 Å². The molecule has 34 heavy (non-hydrogen) atoms. The molecular formula is C24H22FN5O2S2. The zero-order chi connectivity index (χ0) is 23.7. The first-order valence-corrected chi connectivity index (χ1v) is 12.8. The Morgan fingerprint density at radius 1 is 1.15 bits per heavy atom. The first-order chi connectivity index (χ1) is 16.3. The van der Waals surface area contributed by atoms with Crippen molar-refractivity contribution >= 4 is 39.4 Å². The van der Waals surface area contributed by atoms with Gasteiger partial charge in [-0.2, -0.15) is 0 Å². The predicted molar refractivity (Wildman–Crippen MR) is 129 cm³/mol. The molecule has 3 aromatic heterocycles. The number of halogens is 1. The van der Waals surface area contributed by atoms with E-state index in [0.717, 1.165) is 38.1 Å². The molecule has 2 fully saturated rings. The Morgan fingerprint density at radius 2 is 1.91 bits per heavy atom. The number of primary amides is 1. The van der Waals surface area contributed by atoms with Crippen molar-refractivity contribution in [2.45, 2.75) is 45.2 Å². The minimum absolute atomic E-state index is 0.0563. The normalized spacial score (nSPS) is 21.3. The van der Waals surface area contributed by atoms with Crippen LogP contribution in [0.15, 0.2) is 30.5 Å². The Bertz CT molecular complexity index is 1450. The molecule has 2 N–H and O–H groups in total.